The molecule has 4 nitrogen and oxygen atoms in total. The van der Waals surface area contributed by atoms with E-state index in [4.69, 9.17) is 5.11 Å². The van der Waals surface area contributed by atoms with Crippen molar-refractivity contribution >= 4 is 11.9 Å². The van der Waals surface area contributed by atoms with Crippen LogP contribution in [0.25, 0.3) is 0 Å². The lowest BCUT2D eigenvalue weighted by Gasteiger charge is -2.22. The second-order valence-electron chi connectivity index (χ2n) is 3.84. The van der Waals surface area contributed by atoms with Crippen molar-refractivity contribution in [2.24, 2.45) is 0 Å². The summed E-state index contributed by atoms with van der Waals surface area (Å²) in [7, 11) is 1.38. The minimum absolute atomic E-state index is 0.181. The number of carbonyl (C=O) groups excluding carboxylic acids is 1. The number of aliphatic carboxylic acids is 1. The number of carboxylic acid groups (broad SMARTS) is 1. The van der Waals surface area contributed by atoms with Crippen molar-refractivity contribution in [3.63, 3.8) is 0 Å². The Morgan fingerprint density at radius 3 is 2.53 bits per heavy atom. The van der Waals surface area contributed by atoms with Gasteiger partial charge in [0.1, 0.15) is 11.9 Å². The summed E-state index contributed by atoms with van der Waals surface area (Å²) in [5, 5.41) is 8.80. The normalized spacial score (nSPS) is 12.0. The Balaban J connectivity index is 3.05. The molecule has 1 N–H and O–H groups in total. The van der Waals surface area contributed by atoms with Gasteiger partial charge in [-0.1, -0.05) is 6.07 Å². The molecule has 0 bridgehead atoms. The van der Waals surface area contributed by atoms with Crippen LogP contribution in [0.5, 0.6) is 0 Å². The number of amides is 1. The fourth-order valence-corrected chi connectivity index (χ4v) is 1.37. The fraction of sp³-hybridized carbons (Fsp3) is 0.333. The highest BCUT2D eigenvalue weighted by Gasteiger charge is 2.24. The summed E-state index contributed by atoms with van der Waals surface area (Å²) < 4.78 is 13.3. The summed E-state index contributed by atoms with van der Waals surface area (Å²) in [6, 6.07) is 3.21. The highest BCUT2D eigenvalue weighted by Crippen LogP contribution is 2.15. The summed E-state index contributed by atoms with van der Waals surface area (Å²) in [4.78, 5) is 23.8. The second-order valence-corrected chi connectivity index (χ2v) is 3.84. The molecule has 1 rings (SSSR count). The number of likely N-dealkylation sites (N-methyl/N-ethyl adjacent to an activating group) is 1. The minimum Gasteiger partial charge on any atom is -0.480 e. The molecule has 1 aromatic carbocycles. The smallest absolute Gasteiger partial charge is 0.326 e. The maximum absolute atomic E-state index is 13.3. The molecule has 1 amide bonds. The number of rotatable bonds is 3. The van der Waals surface area contributed by atoms with E-state index in [1.807, 2.05) is 0 Å². The molecule has 17 heavy (non-hydrogen) atoms. The maximum atomic E-state index is 13.3. The zero-order chi connectivity index (χ0) is 13.2. The van der Waals surface area contributed by atoms with Crippen molar-refractivity contribution < 1.29 is 19.1 Å². The number of carbonyl (C=O) groups is 2. The molecule has 0 saturated carbocycles. The van der Waals surface area contributed by atoms with Gasteiger partial charge < -0.3 is 10.0 Å². The Labute approximate surface area is 98.7 Å². The van der Waals surface area contributed by atoms with Crippen molar-refractivity contribution in [2.45, 2.75) is 19.9 Å². The van der Waals surface area contributed by atoms with E-state index in [1.165, 1.54) is 39.1 Å². The second kappa shape index (κ2) is 4.95. The number of carboxylic acids is 1. The van der Waals surface area contributed by atoms with Crippen LogP contribution < -0.4 is 0 Å². The number of hydrogen-bond acceptors (Lipinski definition) is 2. The third-order valence-corrected chi connectivity index (χ3v) is 2.76. The van der Waals surface area contributed by atoms with E-state index in [0.29, 0.717) is 0 Å². The molecule has 1 unspecified atom stereocenters. The molecule has 0 aliphatic carbocycles. The van der Waals surface area contributed by atoms with Crippen molar-refractivity contribution in [3.05, 3.63) is 35.1 Å². The molecule has 5 heteroatoms. The largest absolute Gasteiger partial charge is 0.480 e. The van der Waals surface area contributed by atoms with E-state index >= 15 is 0 Å². The Bertz CT molecular complexity index is 459. The van der Waals surface area contributed by atoms with Gasteiger partial charge in [-0.15, -0.1) is 0 Å². The molecule has 0 fully saturated rings. The van der Waals surface area contributed by atoms with Crippen LogP contribution in [0.3, 0.4) is 0 Å². The van der Waals surface area contributed by atoms with Crippen LogP contribution in [-0.4, -0.2) is 35.0 Å². The first-order valence-corrected chi connectivity index (χ1v) is 5.11. The van der Waals surface area contributed by atoms with E-state index in [1.54, 1.807) is 0 Å². The van der Waals surface area contributed by atoms with Crippen LogP contribution in [0.15, 0.2) is 18.2 Å². The Morgan fingerprint density at radius 2 is 2.00 bits per heavy atom. The van der Waals surface area contributed by atoms with Crippen molar-refractivity contribution in [2.75, 3.05) is 7.05 Å². The molecule has 0 aromatic heterocycles. The summed E-state index contributed by atoms with van der Waals surface area (Å²) in [5.41, 5.74) is 0.405. The van der Waals surface area contributed by atoms with Crippen LogP contribution in [0, 0.1) is 12.7 Å². The van der Waals surface area contributed by atoms with Crippen LogP contribution in [0.2, 0.25) is 0 Å². The molecule has 0 aliphatic heterocycles. The topological polar surface area (TPSA) is 57.6 Å². The van der Waals surface area contributed by atoms with Gasteiger partial charge in [0.25, 0.3) is 5.91 Å². The van der Waals surface area contributed by atoms with Gasteiger partial charge >= 0.3 is 5.97 Å². The Kier molecular flexibility index (Phi) is 3.83. The number of nitrogens with zero attached hydrogens (tertiary/aromatic N) is 1. The number of hydrogen-bond donors (Lipinski definition) is 1. The van der Waals surface area contributed by atoms with Gasteiger partial charge in [0.15, 0.2) is 0 Å². The average Bonchev–Trinajstić information content (AvgIpc) is 2.29. The van der Waals surface area contributed by atoms with Gasteiger partial charge in [-0.2, -0.15) is 0 Å². The van der Waals surface area contributed by atoms with Crippen LogP contribution >= 0.6 is 0 Å². The first kappa shape index (κ1) is 13.2. The predicted octanol–water partition coefficient (Wildman–Crippen LogP) is 1.68. The Morgan fingerprint density at radius 1 is 1.41 bits per heavy atom. The van der Waals surface area contributed by atoms with Crippen molar-refractivity contribution in [3.8, 4) is 0 Å². The lowest BCUT2D eigenvalue weighted by molar-refractivity contribution is -0.141. The summed E-state index contributed by atoms with van der Waals surface area (Å²) in [6.45, 7) is 2.89. The van der Waals surface area contributed by atoms with Gasteiger partial charge in [-0.05, 0) is 31.5 Å². The molecule has 0 saturated heterocycles. The van der Waals surface area contributed by atoms with E-state index in [-0.39, 0.29) is 11.1 Å². The molecular weight excluding hydrogens is 225 g/mol. The number of halogens is 1. The highest BCUT2D eigenvalue weighted by atomic mass is 19.1. The van der Waals surface area contributed by atoms with Crippen LogP contribution in [-0.2, 0) is 4.79 Å². The summed E-state index contributed by atoms with van der Waals surface area (Å²) in [6.07, 6.45) is 0. The zero-order valence-electron chi connectivity index (χ0n) is 9.90. The predicted molar refractivity (Wildman–Crippen MR) is 60.3 cm³/mol. The highest BCUT2D eigenvalue weighted by molar-refractivity contribution is 5.97. The summed E-state index contributed by atoms with van der Waals surface area (Å²) in [5.74, 6) is -2.08. The third kappa shape index (κ3) is 2.61. The molecule has 0 radical (unpaired) electrons. The van der Waals surface area contributed by atoms with Gasteiger partial charge in [-0.25, -0.2) is 9.18 Å². The lowest BCUT2D eigenvalue weighted by Crippen LogP contribution is -2.40. The van der Waals surface area contributed by atoms with Gasteiger partial charge in [0, 0.05) is 12.6 Å². The molecule has 0 spiro atoms. The number of benzene rings is 1. The fourth-order valence-electron chi connectivity index (χ4n) is 1.37. The van der Waals surface area contributed by atoms with Crippen molar-refractivity contribution in [1.29, 1.82) is 0 Å². The summed E-state index contributed by atoms with van der Waals surface area (Å²) >= 11 is 0. The quantitative estimate of drug-likeness (QED) is 0.873. The van der Waals surface area contributed by atoms with Gasteiger partial charge in [-0.3, -0.25) is 4.79 Å². The minimum atomic E-state index is -1.10. The monoisotopic (exact) mass is 239 g/mol. The first-order chi connectivity index (χ1) is 7.86. The van der Waals surface area contributed by atoms with Crippen LogP contribution in [0.4, 0.5) is 4.39 Å². The Hall–Kier alpha value is -1.91. The maximum Gasteiger partial charge on any atom is 0.326 e. The lowest BCUT2D eigenvalue weighted by atomic mass is 10.1. The third-order valence-electron chi connectivity index (χ3n) is 2.76. The molecular formula is C12H14FNO3. The van der Waals surface area contributed by atoms with E-state index in [0.717, 1.165) is 4.90 Å². The average molecular weight is 239 g/mol. The first-order valence-electron chi connectivity index (χ1n) is 5.11. The van der Waals surface area contributed by atoms with Crippen molar-refractivity contribution in [1.82, 2.24) is 4.90 Å². The van der Waals surface area contributed by atoms with E-state index in [2.05, 4.69) is 0 Å². The van der Waals surface area contributed by atoms with Gasteiger partial charge in [0.2, 0.25) is 0 Å². The van der Waals surface area contributed by atoms with E-state index < -0.39 is 23.7 Å². The molecule has 1 aromatic rings. The van der Waals surface area contributed by atoms with Gasteiger partial charge in [0.05, 0.1) is 0 Å². The molecule has 1 atom stereocenters. The SMILES string of the molecule is Cc1c(F)cccc1C(=O)N(C)C(C)C(=O)O. The molecule has 0 aliphatic rings. The zero-order valence-corrected chi connectivity index (χ0v) is 9.90. The van der Waals surface area contributed by atoms with E-state index in [9.17, 15) is 14.0 Å². The van der Waals surface area contributed by atoms with Crippen LogP contribution in [0.1, 0.15) is 22.8 Å². The molecule has 92 valence electrons. The standard InChI is InChI=1S/C12H14FNO3/c1-7-9(5-4-6-10(7)13)11(15)14(3)8(2)12(16)17/h4-6,8H,1-3H3,(H,16,17). The molecule has 0 heterocycles.